The minimum Gasteiger partial charge on any atom is -0.481 e. The second-order valence-corrected chi connectivity index (χ2v) is 8.74. The molecule has 0 saturated carbocycles. The van der Waals surface area contributed by atoms with E-state index >= 15 is 0 Å². The van der Waals surface area contributed by atoms with Crippen molar-refractivity contribution in [1.82, 2.24) is 20.9 Å². The molecular formula is C27H47N5O8. The van der Waals surface area contributed by atoms with Crippen molar-refractivity contribution in [3.8, 4) is 0 Å². The number of carbonyl (C=O) groups excluding carboxylic acids is 6. The van der Waals surface area contributed by atoms with Crippen molar-refractivity contribution in [1.29, 1.82) is 0 Å². The van der Waals surface area contributed by atoms with Crippen LogP contribution < -0.4 is 21.7 Å². The number of hydrogen-bond acceptors (Lipinski definition) is 7. The number of nitrogens with zero attached hydrogens (tertiary/aromatic N) is 1. The zero-order valence-electron chi connectivity index (χ0n) is 24.6. The fourth-order valence-corrected chi connectivity index (χ4v) is 3.51. The Bertz CT molecular complexity index is 870. The van der Waals surface area contributed by atoms with E-state index in [1.54, 1.807) is 13.8 Å². The van der Waals surface area contributed by atoms with E-state index in [1.807, 2.05) is 27.7 Å². The highest BCUT2D eigenvalue weighted by atomic mass is 16.4. The molecule has 0 aromatic heterocycles. The second kappa shape index (κ2) is 22.1. The van der Waals surface area contributed by atoms with Crippen LogP contribution in [0.3, 0.4) is 0 Å². The van der Waals surface area contributed by atoms with E-state index in [4.69, 9.17) is 5.73 Å². The third-order valence-electron chi connectivity index (χ3n) is 5.41. The van der Waals surface area contributed by atoms with Crippen molar-refractivity contribution in [3.63, 3.8) is 0 Å². The average Bonchev–Trinajstić information content (AvgIpc) is 3.23. The van der Waals surface area contributed by atoms with E-state index in [2.05, 4.69) is 16.0 Å². The van der Waals surface area contributed by atoms with Crippen molar-refractivity contribution in [3.05, 3.63) is 12.2 Å². The first kappa shape index (κ1) is 38.4. The zero-order chi connectivity index (χ0) is 31.3. The number of carboxylic acid groups (broad SMARTS) is 1. The standard InChI is InChI=1S/C23H35N5O8.2C2H6/c1-14(2)21(34)15(7-6-11-25-23(24)36)27-22(35)16(13-20(32)33)26-17(29)8-4-3-5-12-28-18(30)9-10-19(28)31;2*1-2/h9-10,14-16H,3-8,11-13H2,1-2H3,(H,26,29)(H,27,35)(H,32,33)(H3,24,25,36);2*1-2H3/t15-,16?;;/m0../s1. The van der Waals surface area contributed by atoms with Gasteiger partial charge in [0.1, 0.15) is 6.04 Å². The van der Waals surface area contributed by atoms with Gasteiger partial charge in [-0.2, -0.15) is 0 Å². The van der Waals surface area contributed by atoms with Gasteiger partial charge >= 0.3 is 12.0 Å². The van der Waals surface area contributed by atoms with Crippen LogP contribution in [-0.2, 0) is 28.8 Å². The summed E-state index contributed by atoms with van der Waals surface area (Å²) in [5.41, 5.74) is 5.01. The van der Waals surface area contributed by atoms with Gasteiger partial charge in [-0.15, -0.1) is 0 Å². The second-order valence-electron chi connectivity index (χ2n) is 8.74. The first-order valence-corrected chi connectivity index (χ1v) is 13.8. The molecule has 0 aromatic carbocycles. The minimum absolute atomic E-state index is 0.0106. The third-order valence-corrected chi connectivity index (χ3v) is 5.41. The van der Waals surface area contributed by atoms with Crippen molar-refractivity contribution in [2.24, 2.45) is 11.7 Å². The van der Waals surface area contributed by atoms with E-state index in [0.717, 1.165) is 4.90 Å². The van der Waals surface area contributed by atoms with E-state index < -0.39 is 48.2 Å². The van der Waals surface area contributed by atoms with E-state index in [9.17, 15) is 38.7 Å². The number of imide groups is 1. The summed E-state index contributed by atoms with van der Waals surface area (Å²) in [7, 11) is 0. The van der Waals surface area contributed by atoms with Crippen molar-refractivity contribution in [2.45, 2.75) is 98.6 Å². The molecule has 6 amide bonds. The molecule has 1 aliphatic rings. The lowest BCUT2D eigenvalue weighted by molar-refractivity contribution is -0.141. The molecule has 13 nitrogen and oxygen atoms in total. The zero-order valence-corrected chi connectivity index (χ0v) is 24.6. The lowest BCUT2D eigenvalue weighted by Gasteiger charge is -2.23. The lowest BCUT2D eigenvalue weighted by atomic mass is 9.97. The fourth-order valence-electron chi connectivity index (χ4n) is 3.51. The molecular weight excluding hydrogens is 522 g/mol. The van der Waals surface area contributed by atoms with Crippen molar-refractivity contribution < 1.29 is 38.7 Å². The summed E-state index contributed by atoms with van der Waals surface area (Å²) >= 11 is 0. The minimum atomic E-state index is -1.38. The van der Waals surface area contributed by atoms with Crippen LogP contribution in [0.2, 0.25) is 0 Å². The van der Waals surface area contributed by atoms with E-state index in [1.165, 1.54) is 12.2 Å². The molecule has 1 rings (SSSR count). The molecule has 0 fully saturated rings. The van der Waals surface area contributed by atoms with Gasteiger partial charge in [0.2, 0.25) is 11.8 Å². The number of urea groups is 1. The largest absolute Gasteiger partial charge is 0.481 e. The monoisotopic (exact) mass is 569 g/mol. The summed E-state index contributed by atoms with van der Waals surface area (Å²) in [6, 6.07) is -3.02. The maximum Gasteiger partial charge on any atom is 0.312 e. The highest BCUT2D eigenvalue weighted by Gasteiger charge is 2.29. The van der Waals surface area contributed by atoms with Gasteiger partial charge in [0.05, 0.1) is 12.5 Å². The highest BCUT2D eigenvalue weighted by molar-refractivity contribution is 6.12. The fraction of sp³-hybridized carbons (Fsp3) is 0.667. The number of Topliss-reactive ketones (excluding diaryl/α,β-unsaturated/α-hetero) is 1. The normalized spacial score (nSPS) is 13.3. The number of nitrogens with one attached hydrogen (secondary N) is 3. The molecule has 0 spiro atoms. The van der Waals surface area contributed by atoms with Gasteiger partial charge in [-0.1, -0.05) is 48.0 Å². The van der Waals surface area contributed by atoms with Gasteiger partial charge in [0.15, 0.2) is 5.78 Å². The van der Waals surface area contributed by atoms with Crippen LogP contribution in [0.5, 0.6) is 0 Å². The summed E-state index contributed by atoms with van der Waals surface area (Å²) in [5.74, 6) is -4.07. The number of primary amides is 1. The predicted octanol–water partition coefficient (Wildman–Crippen LogP) is 1.64. The Labute approximate surface area is 236 Å². The number of nitrogens with two attached hydrogens (primary N) is 1. The highest BCUT2D eigenvalue weighted by Crippen LogP contribution is 2.09. The molecule has 0 bridgehead atoms. The molecule has 40 heavy (non-hydrogen) atoms. The Kier molecular flexibility index (Phi) is 21.2. The predicted molar refractivity (Wildman–Crippen MR) is 150 cm³/mol. The molecule has 228 valence electrons. The SMILES string of the molecule is CC.CC.CC(C)C(=O)[C@H](CCCNC(N)=O)NC(=O)C(CC(=O)O)NC(=O)CCCCCN1C(=O)C=CC1=O. The van der Waals surface area contributed by atoms with Gasteiger partial charge in [0, 0.05) is 37.6 Å². The van der Waals surface area contributed by atoms with Crippen molar-refractivity contribution in [2.75, 3.05) is 13.1 Å². The lowest BCUT2D eigenvalue weighted by Crippen LogP contribution is -2.53. The molecule has 1 heterocycles. The number of unbranched alkanes of at least 4 members (excludes halogenated alkanes) is 2. The smallest absolute Gasteiger partial charge is 0.312 e. The Hall–Kier alpha value is -3.77. The summed E-state index contributed by atoms with van der Waals surface area (Å²) in [6.45, 7) is 11.7. The van der Waals surface area contributed by atoms with Crippen LogP contribution in [0.15, 0.2) is 12.2 Å². The Balaban J connectivity index is 0. The van der Waals surface area contributed by atoms with Gasteiger partial charge in [-0.25, -0.2) is 4.79 Å². The molecule has 13 heteroatoms. The Morgan fingerprint density at radius 2 is 1.45 bits per heavy atom. The number of hydrogen-bond donors (Lipinski definition) is 5. The number of carbonyl (C=O) groups is 7. The maximum absolute atomic E-state index is 12.8. The number of carboxylic acids is 1. The molecule has 6 N–H and O–H groups in total. The van der Waals surface area contributed by atoms with Gasteiger partial charge in [-0.05, 0) is 25.7 Å². The van der Waals surface area contributed by atoms with Gasteiger partial charge in [-0.3, -0.25) is 33.7 Å². The topological polar surface area (TPSA) is 205 Å². The number of amides is 6. The van der Waals surface area contributed by atoms with Crippen LogP contribution in [0.1, 0.15) is 86.5 Å². The first-order chi connectivity index (χ1) is 18.9. The average molecular weight is 570 g/mol. The summed E-state index contributed by atoms with van der Waals surface area (Å²) in [5, 5.41) is 16.5. The number of rotatable bonds is 17. The Morgan fingerprint density at radius 3 is 1.95 bits per heavy atom. The van der Waals surface area contributed by atoms with Gasteiger partial charge < -0.3 is 26.8 Å². The number of aliphatic carboxylic acids is 1. The molecule has 1 aliphatic heterocycles. The third kappa shape index (κ3) is 16.2. The number of ketones is 1. The van der Waals surface area contributed by atoms with Gasteiger partial charge in [0.25, 0.3) is 11.8 Å². The van der Waals surface area contributed by atoms with E-state index in [-0.39, 0.29) is 43.5 Å². The summed E-state index contributed by atoms with van der Waals surface area (Å²) < 4.78 is 0. The summed E-state index contributed by atoms with van der Waals surface area (Å²) in [4.78, 5) is 83.8. The first-order valence-electron chi connectivity index (χ1n) is 13.8. The molecule has 0 aliphatic carbocycles. The molecule has 0 radical (unpaired) electrons. The molecule has 0 saturated heterocycles. The molecule has 1 unspecified atom stereocenters. The van der Waals surface area contributed by atoms with Crippen LogP contribution >= 0.6 is 0 Å². The Morgan fingerprint density at radius 1 is 0.875 bits per heavy atom. The van der Waals surface area contributed by atoms with Crippen LogP contribution in [-0.4, -0.2) is 76.6 Å². The van der Waals surface area contributed by atoms with E-state index in [0.29, 0.717) is 25.7 Å². The van der Waals surface area contributed by atoms with Crippen molar-refractivity contribution >= 4 is 41.4 Å². The van der Waals surface area contributed by atoms with Crippen LogP contribution in [0.25, 0.3) is 0 Å². The quantitative estimate of drug-likeness (QED) is 0.128. The maximum atomic E-state index is 12.8. The van der Waals surface area contributed by atoms with Crippen LogP contribution in [0, 0.1) is 5.92 Å². The summed E-state index contributed by atoms with van der Waals surface area (Å²) in [6.07, 6.45) is 3.69. The van der Waals surface area contributed by atoms with Crippen LogP contribution in [0.4, 0.5) is 4.79 Å². The molecule has 0 aromatic rings. The molecule has 2 atom stereocenters.